The van der Waals surface area contributed by atoms with Crippen LogP contribution in [0.1, 0.15) is 57.9 Å². The van der Waals surface area contributed by atoms with Gasteiger partial charge in [0.15, 0.2) is 5.76 Å². The molecule has 0 saturated carbocycles. The van der Waals surface area contributed by atoms with Gasteiger partial charge in [0.2, 0.25) is 5.78 Å². The standard InChI is InChI=1S/C27H26O3/c1-17(2)22-11-9-20(10-12-22)14-25-27(28)26-19(4)13-23(15-24(26)30-25)29-16-21-7-5-18(3)6-8-21/h5-15,17H,16H2,1-4H3/b25-14-. The Morgan fingerprint density at radius 1 is 0.967 bits per heavy atom. The maximum atomic E-state index is 12.9. The molecular formula is C27H26O3. The lowest BCUT2D eigenvalue weighted by Crippen LogP contribution is -2.00. The molecule has 1 aliphatic heterocycles. The van der Waals surface area contributed by atoms with Crippen LogP contribution in [-0.2, 0) is 6.61 Å². The molecule has 3 heteroatoms. The summed E-state index contributed by atoms with van der Waals surface area (Å²) in [5.41, 5.74) is 6.01. The van der Waals surface area contributed by atoms with Crippen molar-refractivity contribution in [1.82, 2.24) is 0 Å². The summed E-state index contributed by atoms with van der Waals surface area (Å²) < 4.78 is 11.9. The summed E-state index contributed by atoms with van der Waals surface area (Å²) in [6, 6.07) is 20.2. The van der Waals surface area contributed by atoms with E-state index in [1.165, 1.54) is 11.1 Å². The van der Waals surface area contributed by atoms with E-state index in [1.54, 1.807) is 12.1 Å². The monoisotopic (exact) mass is 398 g/mol. The Kier molecular flexibility index (Phi) is 5.45. The van der Waals surface area contributed by atoms with E-state index < -0.39 is 0 Å². The van der Waals surface area contributed by atoms with Gasteiger partial charge in [-0.1, -0.05) is 67.9 Å². The van der Waals surface area contributed by atoms with Crippen molar-refractivity contribution in [2.24, 2.45) is 0 Å². The number of ketones is 1. The van der Waals surface area contributed by atoms with Gasteiger partial charge < -0.3 is 9.47 Å². The molecule has 0 bridgehead atoms. The van der Waals surface area contributed by atoms with E-state index in [0.29, 0.717) is 35.3 Å². The van der Waals surface area contributed by atoms with E-state index >= 15 is 0 Å². The number of hydrogen-bond donors (Lipinski definition) is 0. The second kappa shape index (κ2) is 8.19. The minimum atomic E-state index is -0.0829. The van der Waals surface area contributed by atoms with Crippen molar-refractivity contribution in [3.63, 3.8) is 0 Å². The first kappa shape index (κ1) is 20.0. The summed E-state index contributed by atoms with van der Waals surface area (Å²) in [4.78, 5) is 12.9. The molecule has 0 aromatic heterocycles. The second-order valence-corrected chi connectivity index (χ2v) is 8.15. The summed E-state index contributed by atoms with van der Waals surface area (Å²) in [6.07, 6.45) is 1.80. The number of benzene rings is 3. The average molecular weight is 399 g/mol. The Labute approximate surface area is 178 Å². The van der Waals surface area contributed by atoms with Gasteiger partial charge in [0, 0.05) is 6.07 Å². The lowest BCUT2D eigenvalue weighted by molar-refractivity contribution is 0.101. The van der Waals surface area contributed by atoms with E-state index in [2.05, 4.69) is 57.2 Å². The van der Waals surface area contributed by atoms with Gasteiger partial charge in [0.1, 0.15) is 18.1 Å². The molecule has 0 N–H and O–H groups in total. The third-order valence-electron chi connectivity index (χ3n) is 5.37. The molecule has 0 atom stereocenters. The number of fused-ring (bicyclic) bond motifs is 1. The zero-order chi connectivity index (χ0) is 21.3. The first-order valence-electron chi connectivity index (χ1n) is 10.3. The van der Waals surface area contributed by atoms with Crippen molar-refractivity contribution in [1.29, 1.82) is 0 Å². The fraction of sp³-hybridized carbons (Fsp3) is 0.222. The number of Topliss-reactive ketones (excluding diaryl/α,β-unsaturated/α-hetero) is 1. The van der Waals surface area contributed by atoms with Gasteiger partial charge in [0.05, 0.1) is 5.56 Å². The highest BCUT2D eigenvalue weighted by molar-refractivity contribution is 6.15. The van der Waals surface area contributed by atoms with Gasteiger partial charge in [-0.05, 0) is 54.2 Å². The molecule has 0 spiro atoms. The Balaban J connectivity index is 1.53. The molecule has 3 aromatic carbocycles. The maximum Gasteiger partial charge on any atom is 0.232 e. The Morgan fingerprint density at radius 3 is 2.33 bits per heavy atom. The number of ether oxygens (including phenoxy) is 2. The molecule has 1 heterocycles. The highest BCUT2D eigenvalue weighted by Gasteiger charge is 2.30. The van der Waals surface area contributed by atoms with Crippen molar-refractivity contribution in [3.05, 3.63) is 99.8 Å². The SMILES string of the molecule is Cc1ccc(COc2cc(C)c3c(c2)O/C(=C\c2ccc(C(C)C)cc2)C3=O)cc1. The lowest BCUT2D eigenvalue weighted by atomic mass is 10.0. The van der Waals surface area contributed by atoms with Crippen molar-refractivity contribution >= 4 is 11.9 Å². The Morgan fingerprint density at radius 2 is 1.67 bits per heavy atom. The van der Waals surface area contributed by atoms with E-state index in [0.717, 1.165) is 16.7 Å². The van der Waals surface area contributed by atoms with E-state index in [1.807, 2.05) is 25.1 Å². The fourth-order valence-electron chi connectivity index (χ4n) is 3.54. The Bertz CT molecular complexity index is 1100. The molecule has 0 aliphatic carbocycles. The minimum Gasteiger partial charge on any atom is -0.489 e. The number of hydrogen-bond acceptors (Lipinski definition) is 3. The van der Waals surface area contributed by atoms with Gasteiger partial charge >= 0.3 is 0 Å². The Hall–Kier alpha value is -3.33. The summed E-state index contributed by atoms with van der Waals surface area (Å²) in [6.45, 7) is 8.77. The van der Waals surface area contributed by atoms with Crippen LogP contribution >= 0.6 is 0 Å². The first-order valence-corrected chi connectivity index (χ1v) is 10.3. The molecule has 4 rings (SSSR count). The molecule has 152 valence electrons. The molecular weight excluding hydrogens is 372 g/mol. The van der Waals surface area contributed by atoms with Crippen LogP contribution in [0.5, 0.6) is 11.5 Å². The van der Waals surface area contributed by atoms with E-state index in [9.17, 15) is 4.79 Å². The fourth-order valence-corrected chi connectivity index (χ4v) is 3.54. The highest BCUT2D eigenvalue weighted by atomic mass is 16.5. The normalized spacial score (nSPS) is 14.2. The molecule has 0 fully saturated rings. The zero-order valence-corrected chi connectivity index (χ0v) is 17.9. The van der Waals surface area contributed by atoms with Crippen LogP contribution in [0.2, 0.25) is 0 Å². The first-order chi connectivity index (χ1) is 14.4. The third kappa shape index (κ3) is 4.16. The molecule has 3 aromatic rings. The summed E-state index contributed by atoms with van der Waals surface area (Å²) in [7, 11) is 0. The molecule has 30 heavy (non-hydrogen) atoms. The molecule has 3 nitrogen and oxygen atoms in total. The van der Waals surface area contributed by atoms with Crippen molar-refractivity contribution < 1.29 is 14.3 Å². The van der Waals surface area contributed by atoms with Gasteiger partial charge in [-0.25, -0.2) is 0 Å². The van der Waals surface area contributed by atoms with Crippen molar-refractivity contribution in [2.75, 3.05) is 0 Å². The smallest absolute Gasteiger partial charge is 0.232 e. The van der Waals surface area contributed by atoms with Gasteiger partial charge in [-0.3, -0.25) is 4.79 Å². The zero-order valence-electron chi connectivity index (χ0n) is 17.9. The van der Waals surface area contributed by atoms with Gasteiger partial charge in [-0.2, -0.15) is 0 Å². The summed E-state index contributed by atoms with van der Waals surface area (Å²) in [5, 5.41) is 0. The van der Waals surface area contributed by atoms with E-state index in [4.69, 9.17) is 9.47 Å². The quantitative estimate of drug-likeness (QED) is 0.453. The van der Waals surface area contributed by atoms with Crippen LogP contribution in [0.4, 0.5) is 0 Å². The third-order valence-corrected chi connectivity index (χ3v) is 5.37. The van der Waals surface area contributed by atoms with Crippen molar-refractivity contribution in [3.8, 4) is 11.5 Å². The van der Waals surface area contributed by atoms with Crippen molar-refractivity contribution in [2.45, 2.75) is 40.2 Å². The van der Waals surface area contributed by atoms with Crippen LogP contribution in [0.15, 0.2) is 66.4 Å². The van der Waals surface area contributed by atoms with Crippen LogP contribution < -0.4 is 9.47 Å². The highest BCUT2D eigenvalue weighted by Crippen LogP contribution is 2.37. The molecule has 0 saturated heterocycles. The van der Waals surface area contributed by atoms with Crippen LogP contribution in [0.3, 0.4) is 0 Å². The lowest BCUT2D eigenvalue weighted by Gasteiger charge is -2.09. The van der Waals surface area contributed by atoms with Crippen LogP contribution in [0, 0.1) is 13.8 Å². The second-order valence-electron chi connectivity index (χ2n) is 8.15. The molecule has 0 unspecified atom stereocenters. The molecule has 0 radical (unpaired) electrons. The minimum absolute atomic E-state index is 0.0829. The average Bonchev–Trinajstić information content (AvgIpc) is 3.03. The largest absolute Gasteiger partial charge is 0.489 e. The predicted molar refractivity (Wildman–Crippen MR) is 120 cm³/mol. The maximum absolute atomic E-state index is 12.9. The van der Waals surface area contributed by atoms with E-state index in [-0.39, 0.29) is 5.78 Å². The van der Waals surface area contributed by atoms with Gasteiger partial charge in [-0.15, -0.1) is 0 Å². The summed E-state index contributed by atoms with van der Waals surface area (Å²) >= 11 is 0. The number of rotatable bonds is 5. The predicted octanol–water partition coefficient (Wildman–Crippen LogP) is 6.62. The topological polar surface area (TPSA) is 35.5 Å². The number of allylic oxidation sites excluding steroid dienone is 1. The summed E-state index contributed by atoms with van der Waals surface area (Å²) in [5.74, 6) is 1.99. The van der Waals surface area contributed by atoms with Crippen LogP contribution in [-0.4, -0.2) is 5.78 Å². The number of carbonyl (C=O) groups excluding carboxylic acids is 1. The number of carbonyl (C=O) groups is 1. The van der Waals surface area contributed by atoms with Gasteiger partial charge in [0.25, 0.3) is 0 Å². The molecule has 0 amide bonds. The number of aryl methyl sites for hydroxylation is 2. The van der Waals surface area contributed by atoms with Crippen LogP contribution in [0.25, 0.3) is 6.08 Å². The molecule has 1 aliphatic rings.